The van der Waals surface area contributed by atoms with Crippen LogP contribution in [-0.2, 0) is 0 Å². The lowest BCUT2D eigenvalue weighted by Crippen LogP contribution is -1.88. The van der Waals surface area contributed by atoms with Crippen molar-refractivity contribution in [1.82, 2.24) is 9.97 Å². The van der Waals surface area contributed by atoms with Crippen molar-refractivity contribution in [1.29, 1.82) is 5.26 Å². The molecule has 3 aromatic rings. The molecule has 0 radical (unpaired) electrons. The number of fused-ring (bicyclic) bond motifs is 1. The Morgan fingerprint density at radius 3 is 2.84 bits per heavy atom. The molecular formula is C14H9N3S2. The van der Waals surface area contributed by atoms with Gasteiger partial charge in [-0.25, -0.2) is 9.97 Å². The Morgan fingerprint density at radius 2 is 2.11 bits per heavy atom. The maximum absolute atomic E-state index is 9.24. The second-order valence-corrected chi connectivity index (χ2v) is 6.10. The predicted octanol–water partition coefficient (Wildman–Crippen LogP) is 4.02. The number of aromatic nitrogens is 2. The van der Waals surface area contributed by atoms with Crippen molar-refractivity contribution >= 4 is 34.0 Å². The number of para-hydroxylation sites is 1. The molecule has 0 spiro atoms. The number of rotatable bonds is 2. The molecule has 0 amide bonds. The van der Waals surface area contributed by atoms with E-state index in [0.717, 1.165) is 26.0 Å². The molecule has 92 valence electrons. The maximum Gasteiger partial charge on any atom is 0.156 e. The first-order chi connectivity index (χ1) is 9.26. The molecule has 0 aliphatic carbocycles. The van der Waals surface area contributed by atoms with E-state index in [1.54, 1.807) is 11.3 Å². The van der Waals surface area contributed by atoms with E-state index >= 15 is 0 Å². The Kier molecular flexibility index (Phi) is 3.20. The summed E-state index contributed by atoms with van der Waals surface area (Å²) in [5.74, 6) is 0. The van der Waals surface area contributed by atoms with Crippen molar-refractivity contribution in [2.24, 2.45) is 0 Å². The Hall–Kier alpha value is -1.90. The molecule has 2 aromatic heterocycles. The van der Waals surface area contributed by atoms with E-state index in [4.69, 9.17) is 0 Å². The van der Waals surface area contributed by atoms with Crippen LogP contribution in [0, 0.1) is 18.3 Å². The summed E-state index contributed by atoms with van der Waals surface area (Å²) in [4.78, 5) is 8.95. The number of thiazole rings is 1. The monoisotopic (exact) mass is 283 g/mol. The first-order valence-electron chi connectivity index (χ1n) is 5.66. The topological polar surface area (TPSA) is 49.6 Å². The van der Waals surface area contributed by atoms with Crippen LogP contribution in [0.3, 0.4) is 0 Å². The van der Waals surface area contributed by atoms with E-state index in [9.17, 15) is 5.26 Å². The zero-order valence-electron chi connectivity index (χ0n) is 10.1. The maximum atomic E-state index is 9.24. The Bertz CT molecular complexity index is 787. The molecule has 0 bridgehead atoms. The molecular weight excluding hydrogens is 274 g/mol. The lowest BCUT2D eigenvalue weighted by Gasteiger charge is -2.03. The van der Waals surface area contributed by atoms with Gasteiger partial charge in [-0.15, -0.1) is 11.3 Å². The summed E-state index contributed by atoms with van der Waals surface area (Å²) in [6.45, 7) is 1.96. The van der Waals surface area contributed by atoms with Crippen LogP contribution in [0.25, 0.3) is 10.9 Å². The molecule has 0 aliphatic rings. The van der Waals surface area contributed by atoms with Crippen molar-refractivity contribution in [2.75, 3.05) is 0 Å². The van der Waals surface area contributed by atoms with Crippen LogP contribution in [0.1, 0.15) is 11.3 Å². The normalized spacial score (nSPS) is 10.5. The number of pyridine rings is 1. The minimum absolute atomic E-state index is 0.594. The van der Waals surface area contributed by atoms with Crippen LogP contribution in [0.5, 0.6) is 0 Å². The van der Waals surface area contributed by atoms with Crippen LogP contribution in [0.2, 0.25) is 0 Å². The zero-order valence-corrected chi connectivity index (χ0v) is 11.8. The summed E-state index contributed by atoms with van der Waals surface area (Å²) < 4.78 is 0.914. The second kappa shape index (κ2) is 5.00. The molecule has 0 fully saturated rings. The number of nitriles is 1. The SMILES string of the molecule is Cc1csc(Sc2nc3ccccc3cc2C#N)n1. The van der Waals surface area contributed by atoms with Crippen LogP contribution in [0.15, 0.2) is 45.1 Å². The van der Waals surface area contributed by atoms with E-state index < -0.39 is 0 Å². The van der Waals surface area contributed by atoms with Crippen molar-refractivity contribution < 1.29 is 0 Å². The molecule has 2 heterocycles. The Labute approximate surface area is 118 Å². The molecule has 5 heteroatoms. The highest BCUT2D eigenvalue weighted by molar-refractivity contribution is 8.01. The average Bonchev–Trinajstić information content (AvgIpc) is 2.83. The highest BCUT2D eigenvalue weighted by atomic mass is 32.2. The quantitative estimate of drug-likeness (QED) is 0.712. The number of benzene rings is 1. The minimum atomic E-state index is 0.594. The number of hydrogen-bond acceptors (Lipinski definition) is 5. The van der Waals surface area contributed by atoms with Crippen molar-refractivity contribution in [3.8, 4) is 6.07 Å². The van der Waals surface area contributed by atoms with Crippen LogP contribution >= 0.6 is 23.1 Å². The number of hydrogen-bond donors (Lipinski definition) is 0. The molecule has 0 aliphatic heterocycles. The van der Waals surface area contributed by atoms with Gasteiger partial charge in [0.2, 0.25) is 0 Å². The fraction of sp³-hybridized carbons (Fsp3) is 0.0714. The van der Waals surface area contributed by atoms with E-state index in [1.165, 1.54) is 11.8 Å². The average molecular weight is 283 g/mol. The summed E-state index contributed by atoms with van der Waals surface area (Å²) in [7, 11) is 0. The van der Waals surface area contributed by atoms with Gasteiger partial charge < -0.3 is 0 Å². The Morgan fingerprint density at radius 1 is 1.26 bits per heavy atom. The molecule has 19 heavy (non-hydrogen) atoms. The number of nitrogens with zero attached hydrogens (tertiary/aromatic N) is 3. The van der Waals surface area contributed by atoms with Crippen LogP contribution < -0.4 is 0 Å². The molecule has 3 nitrogen and oxygen atoms in total. The lowest BCUT2D eigenvalue weighted by molar-refractivity contribution is 1.13. The molecule has 3 rings (SSSR count). The van der Waals surface area contributed by atoms with Crippen LogP contribution in [-0.4, -0.2) is 9.97 Å². The summed E-state index contributed by atoms with van der Waals surface area (Å²) >= 11 is 3.02. The van der Waals surface area contributed by atoms with E-state index in [0.29, 0.717) is 5.56 Å². The third-order valence-electron chi connectivity index (χ3n) is 2.59. The standard InChI is InChI=1S/C14H9N3S2/c1-9-8-18-14(16-9)19-13-11(7-15)6-10-4-2-3-5-12(10)17-13/h2-6,8H,1H3. The largest absolute Gasteiger partial charge is 0.240 e. The summed E-state index contributed by atoms with van der Waals surface area (Å²) in [5.41, 5.74) is 2.49. The van der Waals surface area contributed by atoms with E-state index in [-0.39, 0.29) is 0 Å². The van der Waals surface area contributed by atoms with E-state index in [2.05, 4.69) is 16.0 Å². The smallest absolute Gasteiger partial charge is 0.156 e. The van der Waals surface area contributed by atoms with Gasteiger partial charge in [-0.2, -0.15) is 5.26 Å². The fourth-order valence-electron chi connectivity index (χ4n) is 1.72. The number of aryl methyl sites for hydroxylation is 1. The fourth-order valence-corrected chi connectivity index (χ4v) is 3.53. The van der Waals surface area contributed by atoms with E-state index in [1.807, 2.05) is 42.6 Å². The van der Waals surface area contributed by atoms with Crippen molar-refractivity contribution in [2.45, 2.75) is 16.3 Å². The summed E-state index contributed by atoms with van der Waals surface area (Å²) in [5, 5.41) is 12.9. The third kappa shape index (κ3) is 2.46. The van der Waals surface area contributed by atoms with Gasteiger partial charge in [-0.1, -0.05) is 18.2 Å². The lowest BCUT2D eigenvalue weighted by atomic mass is 10.2. The van der Waals surface area contributed by atoms with Crippen LogP contribution in [0.4, 0.5) is 0 Å². The van der Waals surface area contributed by atoms with Gasteiger partial charge in [0.05, 0.1) is 11.1 Å². The van der Waals surface area contributed by atoms with Gasteiger partial charge in [0.1, 0.15) is 11.1 Å². The molecule has 0 saturated carbocycles. The van der Waals surface area contributed by atoms with Gasteiger partial charge in [-0.05, 0) is 30.8 Å². The molecule has 1 aromatic carbocycles. The molecule has 0 unspecified atom stereocenters. The Balaban J connectivity index is 2.09. The highest BCUT2D eigenvalue weighted by Crippen LogP contribution is 2.32. The first-order valence-corrected chi connectivity index (χ1v) is 7.36. The predicted molar refractivity (Wildman–Crippen MR) is 77.4 cm³/mol. The van der Waals surface area contributed by atoms with Gasteiger partial charge >= 0.3 is 0 Å². The zero-order chi connectivity index (χ0) is 13.2. The van der Waals surface area contributed by atoms with Gasteiger partial charge in [0.25, 0.3) is 0 Å². The van der Waals surface area contributed by atoms with Crippen molar-refractivity contribution in [3.63, 3.8) is 0 Å². The third-order valence-corrected chi connectivity index (χ3v) is 4.65. The first kappa shape index (κ1) is 12.2. The van der Waals surface area contributed by atoms with Gasteiger partial charge in [0.15, 0.2) is 4.34 Å². The summed E-state index contributed by atoms with van der Waals surface area (Å²) in [6.07, 6.45) is 0. The molecule has 0 atom stereocenters. The van der Waals surface area contributed by atoms with Gasteiger partial charge in [-0.3, -0.25) is 0 Å². The highest BCUT2D eigenvalue weighted by Gasteiger charge is 2.10. The molecule has 0 N–H and O–H groups in total. The minimum Gasteiger partial charge on any atom is -0.240 e. The van der Waals surface area contributed by atoms with Crippen molar-refractivity contribution in [3.05, 3.63) is 47.0 Å². The summed E-state index contributed by atoms with van der Waals surface area (Å²) in [6, 6.07) is 11.9. The van der Waals surface area contributed by atoms with Gasteiger partial charge in [0, 0.05) is 16.5 Å². The molecule has 0 saturated heterocycles. The second-order valence-electron chi connectivity index (χ2n) is 4.00.